The molecular formula is C53H47N3O2. The summed E-state index contributed by atoms with van der Waals surface area (Å²) < 4.78 is 0. The number of fused-ring (bicyclic) bond motifs is 2. The molecule has 0 bridgehead atoms. The Hall–Kier alpha value is -6.72. The molecule has 9 aromatic rings. The molecule has 58 heavy (non-hydrogen) atoms. The van der Waals surface area contributed by atoms with E-state index in [9.17, 15) is 10.1 Å². The molecule has 0 aliphatic rings. The van der Waals surface area contributed by atoms with Crippen LogP contribution in [0.15, 0.2) is 146 Å². The average molecular weight is 758 g/mol. The number of non-ortho nitro benzene ring substituents is 1. The minimum absolute atomic E-state index is 0.0996. The van der Waals surface area contributed by atoms with Gasteiger partial charge in [0, 0.05) is 45.0 Å². The lowest BCUT2D eigenvalue weighted by atomic mass is 9.86. The van der Waals surface area contributed by atoms with Crippen molar-refractivity contribution < 1.29 is 4.92 Å². The van der Waals surface area contributed by atoms with Gasteiger partial charge in [-0.15, -0.1) is 0 Å². The summed E-state index contributed by atoms with van der Waals surface area (Å²) in [6.07, 6.45) is 3.62. The molecular weight excluding hydrogens is 711 g/mol. The van der Waals surface area contributed by atoms with Crippen LogP contribution in [-0.4, -0.2) is 4.92 Å². The van der Waals surface area contributed by atoms with Crippen LogP contribution in [0.3, 0.4) is 0 Å². The predicted molar refractivity (Wildman–Crippen MR) is 246 cm³/mol. The number of aryl methyl sites for hydroxylation is 5. The van der Waals surface area contributed by atoms with E-state index < -0.39 is 0 Å². The van der Waals surface area contributed by atoms with E-state index in [1.54, 1.807) is 0 Å². The number of rotatable bonds is 11. The Labute approximate surface area is 340 Å². The quantitative estimate of drug-likeness (QED) is 0.0570. The number of nitro groups is 1. The molecule has 286 valence electrons. The normalized spacial score (nSPS) is 11.6. The summed E-state index contributed by atoms with van der Waals surface area (Å²) in [6.45, 7) is 10.9. The van der Waals surface area contributed by atoms with Crippen LogP contribution < -0.4 is 9.80 Å². The minimum Gasteiger partial charge on any atom is -0.310 e. The largest absolute Gasteiger partial charge is 0.310 e. The van der Waals surface area contributed by atoms with E-state index in [4.69, 9.17) is 0 Å². The first-order chi connectivity index (χ1) is 28.3. The van der Waals surface area contributed by atoms with Gasteiger partial charge in [-0.25, -0.2) is 0 Å². The molecule has 5 heteroatoms. The van der Waals surface area contributed by atoms with Crippen molar-refractivity contribution in [1.29, 1.82) is 0 Å². The van der Waals surface area contributed by atoms with Gasteiger partial charge in [0.05, 0.1) is 21.7 Å². The van der Waals surface area contributed by atoms with Crippen LogP contribution in [-0.2, 0) is 25.7 Å². The first-order valence-electron chi connectivity index (χ1n) is 20.6. The summed E-state index contributed by atoms with van der Waals surface area (Å²) in [5.41, 5.74) is 12.1. The van der Waals surface area contributed by atoms with Crippen LogP contribution in [0.1, 0.15) is 55.5 Å². The maximum Gasteiger partial charge on any atom is 0.279 e. The number of nitrogens with zero attached hydrogens (tertiary/aromatic N) is 3. The van der Waals surface area contributed by atoms with Crippen molar-refractivity contribution in [2.75, 3.05) is 9.80 Å². The Morgan fingerprint density at radius 2 is 0.828 bits per heavy atom. The Morgan fingerprint density at radius 3 is 1.31 bits per heavy atom. The van der Waals surface area contributed by atoms with E-state index >= 15 is 0 Å². The van der Waals surface area contributed by atoms with E-state index in [1.807, 2.05) is 6.07 Å². The fourth-order valence-corrected chi connectivity index (χ4v) is 9.05. The third kappa shape index (κ3) is 6.10. The standard InChI is InChI=1S/C53H47N3O2/c1-6-35-15-10-19-39(29-35)54(40-20-11-16-36(7-2)30-40)47-28-27-46-51-44(47)26-25-34(5)50(51)45-24-14-23-43-48(33-49(56(57)58)53(46)52(43)45)55(41-21-12-17-37(8-3)31-41)42-22-13-18-38(9-4)32-42/h10-33H,6-9H2,1-5H3. The van der Waals surface area contributed by atoms with E-state index in [-0.39, 0.29) is 10.6 Å². The Balaban J connectivity index is 1.40. The van der Waals surface area contributed by atoms with Crippen LogP contribution >= 0.6 is 0 Å². The van der Waals surface area contributed by atoms with E-state index in [0.29, 0.717) is 5.39 Å². The van der Waals surface area contributed by atoms with E-state index in [2.05, 4.69) is 184 Å². The maximum absolute atomic E-state index is 13.6. The third-order valence-corrected chi connectivity index (χ3v) is 12.0. The molecule has 0 unspecified atom stereocenters. The van der Waals surface area contributed by atoms with Gasteiger partial charge in [-0.3, -0.25) is 10.1 Å². The molecule has 0 amide bonds. The molecule has 5 nitrogen and oxygen atoms in total. The molecule has 0 heterocycles. The average Bonchev–Trinajstić information content (AvgIpc) is 3.26. The SMILES string of the molecule is CCc1cccc(N(c2cccc(CC)c2)c2ccc3c4c([N+](=O)[O-])cc(N(c5cccc(CC)c5)c5cccc(CC)c5)c5cccc(c6c(C)ccc2c36)c54)c1. The van der Waals surface area contributed by atoms with Crippen molar-refractivity contribution in [3.63, 3.8) is 0 Å². The van der Waals surface area contributed by atoms with Gasteiger partial charge in [0.25, 0.3) is 5.69 Å². The Kier molecular flexibility index (Phi) is 9.53. The van der Waals surface area contributed by atoms with Crippen LogP contribution in [0, 0.1) is 17.0 Å². The highest BCUT2D eigenvalue weighted by atomic mass is 16.6. The molecule has 0 N–H and O–H groups in total. The second-order valence-electron chi connectivity index (χ2n) is 15.4. The summed E-state index contributed by atoms with van der Waals surface area (Å²) in [4.78, 5) is 17.9. The van der Waals surface area contributed by atoms with Crippen LogP contribution in [0.2, 0.25) is 0 Å². The van der Waals surface area contributed by atoms with Crippen molar-refractivity contribution in [2.24, 2.45) is 0 Å². The maximum atomic E-state index is 13.6. The second-order valence-corrected chi connectivity index (χ2v) is 15.4. The molecule has 0 saturated carbocycles. The summed E-state index contributed by atoms with van der Waals surface area (Å²) >= 11 is 0. The third-order valence-electron chi connectivity index (χ3n) is 12.0. The highest BCUT2D eigenvalue weighted by Crippen LogP contribution is 2.52. The van der Waals surface area contributed by atoms with Gasteiger partial charge >= 0.3 is 0 Å². The summed E-state index contributed by atoms with van der Waals surface area (Å²) in [6, 6.07) is 51.6. The first kappa shape index (κ1) is 36.9. The smallest absolute Gasteiger partial charge is 0.279 e. The van der Waals surface area contributed by atoms with Gasteiger partial charge in [0.1, 0.15) is 0 Å². The fourth-order valence-electron chi connectivity index (χ4n) is 9.05. The summed E-state index contributed by atoms with van der Waals surface area (Å²) in [5, 5.41) is 21.2. The van der Waals surface area contributed by atoms with Crippen molar-refractivity contribution >= 4 is 82.9 Å². The highest BCUT2D eigenvalue weighted by Gasteiger charge is 2.28. The van der Waals surface area contributed by atoms with Crippen molar-refractivity contribution in [2.45, 2.75) is 60.3 Å². The van der Waals surface area contributed by atoms with Crippen LogP contribution in [0.25, 0.3) is 43.1 Å². The molecule has 0 aliphatic heterocycles. The molecule has 0 spiro atoms. The van der Waals surface area contributed by atoms with Gasteiger partial charge in [0.2, 0.25) is 0 Å². The highest BCUT2D eigenvalue weighted by molar-refractivity contribution is 6.37. The van der Waals surface area contributed by atoms with Gasteiger partial charge in [-0.05, 0) is 137 Å². The van der Waals surface area contributed by atoms with E-state index in [1.165, 1.54) is 22.3 Å². The van der Waals surface area contributed by atoms with Gasteiger partial charge in [0.15, 0.2) is 0 Å². The zero-order valence-corrected chi connectivity index (χ0v) is 33.8. The fraction of sp³-hybridized carbons (Fsp3) is 0.170. The molecule has 9 rings (SSSR count). The molecule has 9 aromatic carbocycles. The Morgan fingerprint density at radius 1 is 0.431 bits per heavy atom. The first-order valence-corrected chi connectivity index (χ1v) is 20.6. The number of hydrogen-bond acceptors (Lipinski definition) is 4. The molecule has 0 radical (unpaired) electrons. The molecule has 0 fully saturated rings. The zero-order chi connectivity index (χ0) is 40.1. The molecule has 0 atom stereocenters. The topological polar surface area (TPSA) is 49.6 Å². The number of nitro benzene ring substituents is 1. The number of anilines is 6. The lowest BCUT2D eigenvalue weighted by Gasteiger charge is -2.30. The predicted octanol–water partition coefficient (Wildman–Crippen LogP) is 15.1. The van der Waals surface area contributed by atoms with Crippen LogP contribution in [0.4, 0.5) is 39.8 Å². The minimum atomic E-state index is -0.183. The number of benzene rings is 9. The molecule has 0 saturated heterocycles. The zero-order valence-electron chi connectivity index (χ0n) is 33.8. The Bertz CT molecular complexity index is 2930. The lowest BCUT2D eigenvalue weighted by Crippen LogP contribution is -2.12. The number of hydrogen-bond donors (Lipinski definition) is 0. The van der Waals surface area contributed by atoms with Gasteiger partial charge < -0.3 is 9.80 Å². The van der Waals surface area contributed by atoms with Crippen molar-refractivity contribution in [1.82, 2.24) is 0 Å². The monoisotopic (exact) mass is 757 g/mol. The van der Waals surface area contributed by atoms with Gasteiger partial charge in [-0.1, -0.05) is 113 Å². The second kappa shape index (κ2) is 15.0. The molecule has 0 aliphatic carbocycles. The molecule has 0 aromatic heterocycles. The van der Waals surface area contributed by atoms with Crippen molar-refractivity contribution in [3.05, 3.63) is 184 Å². The van der Waals surface area contributed by atoms with Crippen LogP contribution in [0.5, 0.6) is 0 Å². The van der Waals surface area contributed by atoms with Gasteiger partial charge in [-0.2, -0.15) is 0 Å². The lowest BCUT2D eigenvalue weighted by molar-refractivity contribution is -0.382. The van der Waals surface area contributed by atoms with Crippen molar-refractivity contribution in [3.8, 4) is 0 Å². The van der Waals surface area contributed by atoms with E-state index in [0.717, 1.165) is 103 Å². The summed E-state index contributed by atoms with van der Waals surface area (Å²) in [7, 11) is 0. The summed E-state index contributed by atoms with van der Waals surface area (Å²) in [5.74, 6) is 0.